The molecule has 0 unspecified atom stereocenters. The zero-order valence-electron chi connectivity index (χ0n) is 8.08. The molecule has 0 aromatic rings. The first-order valence-electron chi connectivity index (χ1n) is 4.39. The third-order valence-electron chi connectivity index (χ3n) is 1.63. The summed E-state index contributed by atoms with van der Waals surface area (Å²) in [6.45, 7) is 2.55. The molecule has 0 amide bonds. The van der Waals surface area contributed by atoms with Crippen LogP contribution in [-0.2, 0) is 14.3 Å². The van der Waals surface area contributed by atoms with Gasteiger partial charge in [0.25, 0.3) is 5.97 Å². The average molecular weight is 188 g/mol. The number of esters is 1. The summed E-state index contributed by atoms with van der Waals surface area (Å²) in [7, 11) is 0. The van der Waals surface area contributed by atoms with Gasteiger partial charge in [0.1, 0.15) is 6.10 Å². The molecule has 1 fully saturated rings. The van der Waals surface area contributed by atoms with E-state index in [0.717, 1.165) is 19.8 Å². The second-order valence-electron chi connectivity index (χ2n) is 3.03. The molecule has 0 saturated heterocycles. The van der Waals surface area contributed by atoms with Crippen LogP contribution in [0.3, 0.4) is 0 Å². The predicted molar refractivity (Wildman–Crippen MR) is 47.3 cm³/mol. The average Bonchev–Trinajstić information content (AvgIpc) is 2.36. The molecule has 0 aromatic heterocycles. The molecule has 0 atom stereocenters. The molecule has 0 spiro atoms. The van der Waals surface area contributed by atoms with Crippen molar-refractivity contribution < 1.29 is 19.4 Å². The quantitative estimate of drug-likeness (QED) is 0.634. The standard InChI is InChI=1S/C7H12O2.C2H4O2/c1-6(8)9-7-4-2-3-5-7;1-2(3)4/h7H,2-5H2,1H3;1H3,(H,3,4). The molecule has 13 heavy (non-hydrogen) atoms. The van der Waals surface area contributed by atoms with E-state index < -0.39 is 5.97 Å². The van der Waals surface area contributed by atoms with Crippen LogP contribution in [0.25, 0.3) is 0 Å². The van der Waals surface area contributed by atoms with Crippen LogP contribution in [0.1, 0.15) is 39.5 Å². The van der Waals surface area contributed by atoms with Gasteiger partial charge in [-0.05, 0) is 25.7 Å². The van der Waals surface area contributed by atoms with E-state index in [-0.39, 0.29) is 12.1 Å². The highest BCUT2D eigenvalue weighted by molar-refractivity contribution is 5.66. The Labute approximate surface area is 77.9 Å². The lowest BCUT2D eigenvalue weighted by Gasteiger charge is -2.07. The lowest BCUT2D eigenvalue weighted by molar-refractivity contribution is -0.146. The normalized spacial score (nSPS) is 15.8. The Kier molecular flexibility index (Phi) is 5.93. The van der Waals surface area contributed by atoms with Crippen molar-refractivity contribution in [2.24, 2.45) is 0 Å². The number of aliphatic carboxylic acids is 1. The van der Waals surface area contributed by atoms with Gasteiger partial charge < -0.3 is 9.84 Å². The van der Waals surface area contributed by atoms with E-state index in [1.54, 1.807) is 0 Å². The van der Waals surface area contributed by atoms with Gasteiger partial charge in [-0.25, -0.2) is 0 Å². The summed E-state index contributed by atoms with van der Waals surface area (Å²) in [5, 5.41) is 7.42. The van der Waals surface area contributed by atoms with Crippen LogP contribution in [0.15, 0.2) is 0 Å². The minimum Gasteiger partial charge on any atom is -0.481 e. The Bertz CT molecular complexity index is 166. The highest BCUT2D eigenvalue weighted by Crippen LogP contribution is 2.20. The summed E-state index contributed by atoms with van der Waals surface area (Å²) in [5.41, 5.74) is 0. The van der Waals surface area contributed by atoms with Crippen LogP contribution in [0.4, 0.5) is 0 Å². The number of hydrogen-bond donors (Lipinski definition) is 1. The molecule has 0 aromatic carbocycles. The van der Waals surface area contributed by atoms with Crippen LogP contribution in [0.5, 0.6) is 0 Å². The molecule has 1 saturated carbocycles. The Morgan fingerprint density at radius 2 is 1.62 bits per heavy atom. The maximum atomic E-state index is 10.4. The smallest absolute Gasteiger partial charge is 0.302 e. The molecule has 4 nitrogen and oxygen atoms in total. The Hall–Kier alpha value is -1.06. The van der Waals surface area contributed by atoms with E-state index in [2.05, 4.69) is 0 Å². The zero-order chi connectivity index (χ0) is 10.3. The number of rotatable bonds is 1. The molecule has 1 aliphatic rings. The van der Waals surface area contributed by atoms with Crippen LogP contribution >= 0.6 is 0 Å². The van der Waals surface area contributed by atoms with E-state index in [4.69, 9.17) is 14.6 Å². The van der Waals surface area contributed by atoms with Crippen molar-refractivity contribution >= 4 is 11.9 Å². The van der Waals surface area contributed by atoms with Crippen molar-refractivity contribution in [1.29, 1.82) is 0 Å². The maximum absolute atomic E-state index is 10.4. The Morgan fingerprint density at radius 1 is 1.23 bits per heavy atom. The van der Waals surface area contributed by atoms with Gasteiger partial charge in [-0.3, -0.25) is 9.59 Å². The Morgan fingerprint density at radius 3 is 1.92 bits per heavy atom. The van der Waals surface area contributed by atoms with Crippen molar-refractivity contribution in [3.05, 3.63) is 0 Å². The molecule has 1 N–H and O–H groups in total. The fourth-order valence-corrected chi connectivity index (χ4v) is 1.24. The monoisotopic (exact) mass is 188 g/mol. The highest BCUT2D eigenvalue weighted by atomic mass is 16.5. The van der Waals surface area contributed by atoms with E-state index in [9.17, 15) is 4.79 Å². The fraction of sp³-hybridized carbons (Fsp3) is 0.778. The van der Waals surface area contributed by atoms with Gasteiger partial charge in [0, 0.05) is 13.8 Å². The predicted octanol–water partition coefficient (Wildman–Crippen LogP) is 1.58. The lowest BCUT2D eigenvalue weighted by Crippen LogP contribution is -2.10. The van der Waals surface area contributed by atoms with E-state index in [1.807, 2.05) is 0 Å². The number of carbonyl (C=O) groups is 2. The number of carbonyl (C=O) groups excluding carboxylic acids is 1. The molecule has 0 radical (unpaired) electrons. The summed E-state index contributed by atoms with van der Waals surface area (Å²) in [6, 6.07) is 0. The minimum atomic E-state index is -0.833. The first-order valence-corrected chi connectivity index (χ1v) is 4.39. The Balaban J connectivity index is 0.000000310. The summed E-state index contributed by atoms with van der Waals surface area (Å²) in [5.74, 6) is -0.970. The largest absolute Gasteiger partial charge is 0.481 e. The van der Waals surface area contributed by atoms with Crippen molar-refractivity contribution in [2.75, 3.05) is 0 Å². The first-order chi connectivity index (χ1) is 6.02. The van der Waals surface area contributed by atoms with Gasteiger partial charge in [-0.15, -0.1) is 0 Å². The first kappa shape index (κ1) is 11.9. The van der Waals surface area contributed by atoms with E-state index in [0.29, 0.717) is 0 Å². The summed E-state index contributed by atoms with van der Waals surface area (Å²) in [4.78, 5) is 19.4. The number of carboxylic acid groups (broad SMARTS) is 1. The molecule has 1 rings (SSSR count). The molecule has 0 heterocycles. The van der Waals surface area contributed by atoms with Crippen LogP contribution < -0.4 is 0 Å². The third kappa shape index (κ3) is 8.85. The fourth-order valence-electron chi connectivity index (χ4n) is 1.24. The van der Waals surface area contributed by atoms with Gasteiger partial charge in [0.05, 0.1) is 0 Å². The molecular weight excluding hydrogens is 172 g/mol. The van der Waals surface area contributed by atoms with Crippen molar-refractivity contribution in [2.45, 2.75) is 45.6 Å². The summed E-state index contributed by atoms with van der Waals surface area (Å²) >= 11 is 0. The maximum Gasteiger partial charge on any atom is 0.302 e. The molecule has 76 valence electrons. The second kappa shape index (κ2) is 6.46. The summed E-state index contributed by atoms with van der Waals surface area (Å²) < 4.78 is 4.97. The number of hydrogen-bond acceptors (Lipinski definition) is 3. The van der Waals surface area contributed by atoms with Crippen molar-refractivity contribution in [3.8, 4) is 0 Å². The topological polar surface area (TPSA) is 63.6 Å². The molecule has 0 aliphatic heterocycles. The van der Waals surface area contributed by atoms with Crippen LogP contribution in [0.2, 0.25) is 0 Å². The molecular formula is C9H16O4. The number of ether oxygens (including phenoxy) is 1. The lowest BCUT2D eigenvalue weighted by atomic mass is 10.3. The molecule has 4 heteroatoms. The van der Waals surface area contributed by atoms with E-state index >= 15 is 0 Å². The molecule has 1 aliphatic carbocycles. The van der Waals surface area contributed by atoms with E-state index in [1.165, 1.54) is 19.8 Å². The number of carboxylic acids is 1. The van der Waals surface area contributed by atoms with Crippen molar-refractivity contribution in [1.82, 2.24) is 0 Å². The third-order valence-corrected chi connectivity index (χ3v) is 1.63. The van der Waals surface area contributed by atoms with Gasteiger partial charge in [-0.2, -0.15) is 0 Å². The van der Waals surface area contributed by atoms with Crippen LogP contribution in [0, 0.1) is 0 Å². The van der Waals surface area contributed by atoms with Crippen LogP contribution in [-0.4, -0.2) is 23.1 Å². The highest BCUT2D eigenvalue weighted by Gasteiger charge is 2.16. The molecule has 0 bridgehead atoms. The second-order valence-corrected chi connectivity index (χ2v) is 3.03. The zero-order valence-corrected chi connectivity index (χ0v) is 8.08. The van der Waals surface area contributed by atoms with Crippen molar-refractivity contribution in [3.63, 3.8) is 0 Å². The van der Waals surface area contributed by atoms with Gasteiger partial charge >= 0.3 is 5.97 Å². The minimum absolute atomic E-state index is 0.137. The van der Waals surface area contributed by atoms with Gasteiger partial charge in [0.2, 0.25) is 0 Å². The summed E-state index contributed by atoms with van der Waals surface area (Å²) in [6.07, 6.45) is 4.82. The SMILES string of the molecule is CC(=O)O.CC(=O)OC1CCCC1. The van der Waals surface area contributed by atoms with Gasteiger partial charge in [0.15, 0.2) is 0 Å². The van der Waals surface area contributed by atoms with Gasteiger partial charge in [-0.1, -0.05) is 0 Å².